The van der Waals surface area contributed by atoms with Crippen LogP contribution in [-0.4, -0.2) is 16.9 Å². The molecule has 1 aromatic heterocycles. The highest BCUT2D eigenvalue weighted by Gasteiger charge is 2.28. The van der Waals surface area contributed by atoms with Crippen molar-refractivity contribution >= 4 is 11.6 Å². The smallest absolute Gasteiger partial charge is 0.270 e. The Hall–Kier alpha value is -1.62. The largest absolute Gasteiger partial charge is 0.348 e. The van der Waals surface area contributed by atoms with Crippen molar-refractivity contribution < 1.29 is 4.79 Å². The van der Waals surface area contributed by atoms with Gasteiger partial charge >= 0.3 is 0 Å². The van der Waals surface area contributed by atoms with Crippen LogP contribution in [0, 0.1) is 11.8 Å². The van der Waals surface area contributed by atoms with Crippen LogP contribution in [0.5, 0.6) is 0 Å². The number of hydrogen-bond acceptors (Lipinski definition) is 4. The Labute approximate surface area is 114 Å². The summed E-state index contributed by atoms with van der Waals surface area (Å²) in [5, 5.41) is 3.10. The third-order valence-corrected chi connectivity index (χ3v) is 4.19. The summed E-state index contributed by atoms with van der Waals surface area (Å²) >= 11 is 0. The van der Waals surface area contributed by atoms with Gasteiger partial charge in [0.15, 0.2) is 0 Å². The number of nitrogen functional groups attached to an aromatic ring is 1. The van der Waals surface area contributed by atoms with Crippen LogP contribution in [0.4, 0.5) is 5.69 Å². The first-order valence-corrected chi connectivity index (χ1v) is 6.85. The molecule has 0 radical (unpaired) electrons. The van der Waals surface area contributed by atoms with Gasteiger partial charge in [0.25, 0.3) is 5.91 Å². The van der Waals surface area contributed by atoms with E-state index in [1.165, 1.54) is 12.8 Å². The maximum absolute atomic E-state index is 12.1. The number of hydrazine groups is 1. The summed E-state index contributed by atoms with van der Waals surface area (Å²) in [6, 6.07) is 3.68. The van der Waals surface area contributed by atoms with E-state index in [4.69, 9.17) is 5.84 Å². The molecular weight excluding hydrogens is 240 g/mol. The van der Waals surface area contributed by atoms with Crippen LogP contribution < -0.4 is 16.6 Å². The molecule has 1 aliphatic carbocycles. The predicted molar refractivity (Wildman–Crippen MR) is 75.5 cm³/mol. The number of aromatic nitrogens is 1. The van der Waals surface area contributed by atoms with Gasteiger partial charge in [0, 0.05) is 6.04 Å². The number of rotatable bonds is 3. The first-order chi connectivity index (χ1) is 9.11. The molecule has 1 aromatic rings. The molecule has 0 aromatic carbocycles. The van der Waals surface area contributed by atoms with E-state index in [2.05, 4.69) is 29.6 Å². The van der Waals surface area contributed by atoms with Gasteiger partial charge in [-0.25, -0.2) is 4.98 Å². The van der Waals surface area contributed by atoms with Gasteiger partial charge < -0.3 is 10.7 Å². The van der Waals surface area contributed by atoms with Crippen molar-refractivity contribution in [1.29, 1.82) is 0 Å². The standard InChI is InChI=1S/C14H22N4O/c1-9-4-3-5-12(10(9)2)17-14(19)13-7-6-11(18-15)8-16-13/h6-10,12,18H,3-5,15H2,1-2H3,(H,17,19). The Morgan fingerprint density at radius 3 is 2.79 bits per heavy atom. The van der Waals surface area contributed by atoms with E-state index in [-0.39, 0.29) is 11.9 Å². The molecule has 104 valence electrons. The summed E-state index contributed by atoms with van der Waals surface area (Å²) in [5.41, 5.74) is 3.62. The number of pyridine rings is 1. The summed E-state index contributed by atoms with van der Waals surface area (Å²) in [6.45, 7) is 4.46. The topological polar surface area (TPSA) is 80.0 Å². The fourth-order valence-corrected chi connectivity index (χ4v) is 2.64. The van der Waals surface area contributed by atoms with Crippen molar-refractivity contribution in [3.8, 4) is 0 Å². The highest BCUT2D eigenvalue weighted by Crippen LogP contribution is 2.29. The molecule has 3 unspecified atom stereocenters. The number of nitrogens with one attached hydrogen (secondary N) is 2. The number of anilines is 1. The average molecular weight is 262 g/mol. The second kappa shape index (κ2) is 6.02. The normalized spacial score (nSPS) is 26.8. The molecule has 19 heavy (non-hydrogen) atoms. The summed E-state index contributed by atoms with van der Waals surface area (Å²) in [6.07, 6.45) is 5.05. The lowest BCUT2D eigenvalue weighted by Crippen LogP contribution is -2.43. The predicted octanol–water partition coefficient (Wildman–Crippen LogP) is 1.92. The second-order valence-corrected chi connectivity index (χ2v) is 5.42. The zero-order valence-electron chi connectivity index (χ0n) is 11.5. The van der Waals surface area contributed by atoms with Crippen LogP contribution in [0.2, 0.25) is 0 Å². The van der Waals surface area contributed by atoms with E-state index >= 15 is 0 Å². The van der Waals surface area contributed by atoms with E-state index in [9.17, 15) is 4.79 Å². The molecule has 5 heteroatoms. The molecule has 0 spiro atoms. The SMILES string of the molecule is CC1CCCC(NC(=O)c2ccc(NN)cn2)C1C. The third kappa shape index (κ3) is 3.23. The molecule has 1 saturated carbocycles. The fourth-order valence-electron chi connectivity index (χ4n) is 2.64. The fraction of sp³-hybridized carbons (Fsp3) is 0.571. The minimum Gasteiger partial charge on any atom is -0.348 e. The van der Waals surface area contributed by atoms with Gasteiger partial charge in [-0.2, -0.15) is 0 Å². The van der Waals surface area contributed by atoms with Gasteiger partial charge in [-0.15, -0.1) is 0 Å². The van der Waals surface area contributed by atoms with E-state index in [0.29, 0.717) is 23.2 Å². The molecule has 3 atom stereocenters. The lowest BCUT2D eigenvalue weighted by atomic mass is 9.78. The average Bonchev–Trinajstić information content (AvgIpc) is 2.44. The Morgan fingerprint density at radius 2 is 2.16 bits per heavy atom. The molecule has 5 nitrogen and oxygen atoms in total. The van der Waals surface area contributed by atoms with Crippen LogP contribution in [0.25, 0.3) is 0 Å². The molecule has 0 saturated heterocycles. The lowest BCUT2D eigenvalue weighted by Gasteiger charge is -2.34. The molecular formula is C14H22N4O. The number of hydrogen-bond donors (Lipinski definition) is 3. The van der Waals surface area contributed by atoms with Gasteiger partial charge in [0.2, 0.25) is 0 Å². The van der Waals surface area contributed by atoms with E-state index in [0.717, 1.165) is 6.42 Å². The van der Waals surface area contributed by atoms with Crippen LogP contribution in [0.15, 0.2) is 18.3 Å². The highest BCUT2D eigenvalue weighted by atomic mass is 16.1. The molecule has 1 heterocycles. The van der Waals surface area contributed by atoms with Gasteiger partial charge in [0.1, 0.15) is 5.69 Å². The van der Waals surface area contributed by atoms with Crippen molar-refractivity contribution in [2.24, 2.45) is 17.7 Å². The maximum Gasteiger partial charge on any atom is 0.270 e. The monoisotopic (exact) mass is 262 g/mol. The van der Waals surface area contributed by atoms with Crippen molar-refractivity contribution in [2.45, 2.75) is 39.2 Å². The van der Waals surface area contributed by atoms with Gasteiger partial charge in [-0.05, 0) is 30.4 Å². The third-order valence-electron chi connectivity index (χ3n) is 4.19. The van der Waals surface area contributed by atoms with E-state index in [1.54, 1.807) is 18.3 Å². The number of nitrogens with zero attached hydrogens (tertiary/aromatic N) is 1. The van der Waals surface area contributed by atoms with Crippen molar-refractivity contribution in [1.82, 2.24) is 10.3 Å². The molecule has 1 aliphatic rings. The molecule has 1 fully saturated rings. The van der Waals surface area contributed by atoms with E-state index < -0.39 is 0 Å². The Kier molecular flexibility index (Phi) is 4.37. The summed E-state index contributed by atoms with van der Waals surface area (Å²) in [5.74, 6) is 6.35. The zero-order valence-corrected chi connectivity index (χ0v) is 11.5. The number of nitrogens with two attached hydrogens (primary N) is 1. The molecule has 2 rings (SSSR count). The second-order valence-electron chi connectivity index (χ2n) is 5.42. The summed E-state index contributed by atoms with van der Waals surface area (Å²) in [4.78, 5) is 16.2. The summed E-state index contributed by atoms with van der Waals surface area (Å²) < 4.78 is 0. The van der Waals surface area contributed by atoms with Gasteiger partial charge in [-0.1, -0.05) is 26.7 Å². The maximum atomic E-state index is 12.1. The number of amides is 1. The number of carbonyl (C=O) groups excluding carboxylic acids is 1. The minimum absolute atomic E-state index is 0.102. The highest BCUT2D eigenvalue weighted by molar-refractivity contribution is 5.92. The first-order valence-electron chi connectivity index (χ1n) is 6.85. The molecule has 0 bridgehead atoms. The Bertz CT molecular complexity index is 432. The first kappa shape index (κ1) is 13.8. The zero-order chi connectivity index (χ0) is 13.8. The molecule has 4 N–H and O–H groups in total. The van der Waals surface area contributed by atoms with Crippen LogP contribution in [-0.2, 0) is 0 Å². The minimum atomic E-state index is -0.102. The van der Waals surface area contributed by atoms with Crippen molar-refractivity contribution in [3.63, 3.8) is 0 Å². The van der Waals surface area contributed by atoms with Gasteiger partial charge in [-0.3, -0.25) is 10.6 Å². The van der Waals surface area contributed by atoms with Crippen molar-refractivity contribution in [3.05, 3.63) is 24.0 Å². The van der Waals surface area contributed by atoms with Crippen LogP contribution in [0.3, 0.4) is 0 Å². The van der Waals surface area contributed by atoms with Crippen LogP contribution in [0.1, 0.15) is 43.6 Å². The molecule has 1 amide bonds. The molecule has 0 aliphatic heterocycles. The Morgan fingerprint density at radius 1 is 1.37 bits per heavy atom. The van der Waals surface area contributed by atoms with Crippen molar-refractivity contribution in [2.75, 3.05) is 5.43 Å². The quantitative estimate of drug-likeness (QED) is 0.574. The lowest BCUT2D eigenvalue weighted by molar-refractivity contribution is 0.0886. The van der Waals surface area contributed by atoms with Gasteiger partial charge in [0.05, 0.1) is 11.9 Å². The number of carbonyl (C=O) groups is 1. The van der Waals surface area contributed by atoms with E-state index in [1.807, 2.05) is 0 Å². The van der Waals surface area contributed by atoms with Crippen LogP contribution >= 0.6 is 0 Å². The Balaban J connectivity index is 1.99. The summed E-state index contributed by atoms with van der Waals surface area (Å²) in [7, 11) is 0.